The summed E-state index contributed by atoms with van der Waals surface area (Å²) in [7, 11) is 0. The van der Waals surface area contributed by atoms with E-state index < -0.39 is 0 Å². The summed E-state index contributed by atoms with van der Waals surface area (Å²) in [5.41, 5.74) is 3.23. The van der Waals surface area contributed by atoms with Crippen molar-refractivity contribution in [3.63, 3.8) is 0 Å². The maximum Gasteiger partial charge on any atom is 0.270 e. The van der Waals surface area contributed by atoms with Crippen LogP contribution in [-0.2, 0) is 0 Å². The molecule has 1 heterocycles. The molecule has 6 heteroatoms. The molecule has 28 heavy (non-hydrogen) atoms. The van der Waals surface area contributed by atoms with E-state index in [0.29, 0.717) is 22.9 Å². The number of amides is 1. The molecule has 1 atom stereocenters. The topological polar surface area (TPSA) is 84.0 Å². The van der Waals surface area contributed by atoms with Crippen molar-refractivity contribution in [3.8, 4) is 0 Å². The van der Waals surface area contributed by atoms with Crippen molar-refractivity contribution < 1.29 is 9.59 Å². The van der Waals surface area contributed by atoms with E-state index in [9.17, 15) is 9.59 Å². The van der Waals surface area contributed by atoms with Crippen LogP contribution in [0.3, 0.4) is 0 Å². The summed E-state index contributed by atoms with van der Waals surface area (Å²) in [5.74, 6) is 0.00406. The molecule has 2 N–H and O–H groups in total. The number of carbonyl (C=O) groups is 2. The molecule has 3 rings (SSSR count). The van der Waals surface area contributed by atoms with E-state index in [1.807, 2.05) is 43.3 Å². The largest absolute Gasteiger partial charge is 0.344 e. The second-order valence-electron chi connectivity index (χ2n) is 6.59. The van der Waals surface area contributed by atoms with E-state index >= 15 is 0 Å². The summed E-state index contributed by atoms with van der Waals surface area (Å²) in [6.07, 6.45) is 0. The molecule has 0 saturated heterocycles. The zero-order chi connectivity index (χ0) is 20.1. The van der Waals surface area contributed by atoms with Crippen LogP contribution in [-0.4, -0.2) is 21.7 Å². The van der Waals surface area contributed by atoms with Crippen LogP contribution in [0.5, 0.6) is 0 Å². The number of rotatable bonds is 6. The van der Waals surface area contributed by atoms with Gasteiger partial charge in [-0.25, -0.2) is 9.97 Å². The predicted octanol–water partition coefficient (Wildman–Crippen LogP) is 4.22. The van der Waals surface area contributed by atoms with Crippen molar-refractivity contribution in [1.29, 1.82) is 0 Å². The van der Waals surface area contributed by atoms with Crippen molar-refractivity contribution in [1.82, 2.24) is 15.3 Å². The number of nitrogens with zero attached hydrogens (tertiary/aromatic N) is 2. The lowest BCUT2D eigenvalue weighted by atomic mass is 10.1. The molecular weight excluding hydrogens is 352 g/mol. The molecule has 0 bridgehead atoms. The smallest absolute Gasteiger partial charge is 0.270 e. The van der Waals surface area contributed by atoms with Gasteiger partial charge < -0.3 is 10.6 Å². The minimum Gasteiger partial charge on any atom is -0.344 e. The molecule has 1 amide bonds. The molecule has 6 nitrogen and oxygen atoms in total. The summed E-state index contributed by atoms with van der Waals surface area (Å²) in [6, 6.07) is 18.3. The maximum atomic E-state index is 12.7. The lowest BCUT2D eigenvalue weighted by Gasteiger charge is -2.14. The van der Waals surface area contributed by atoms with Crippen LogP contribution in [0.25, 0.3) is 0 Å². The highest BCUT2D eigenvalue weighted by Crippen LogP contribution is 2.17. The highest BCUT2D eigenvalue weighted by Gasteiger charge is 2.14. The molecule has 0 aliphatic rings. The molecule has 3 aromatic rings. The number of benzene rings is 2. The highest BCUT2D eigenvalue weighted by molar-refractivity contribution is 5.95. The van der Waals surface area contributed by atoms with Crippen LogP contribution >= 0.6 is 0 Å². The molecular formula is C22H22N4O2. The Labute approximate surface area is 164 Å². The Hall–Kier alpha value is -3.54. The van der Waals surface area contributed by atoms with Gasteiger partial charge in [-0.1, -0.05) is 42.5 Å². The zero-order valence-electron chi connectivity index (χ0n) is 16.1. The van der Waals surface area contributed by atoms with Crippen LogP contribution < -0.4 is 10.6 Å². The number of ketones is 1. The lowest BCUT2D eigenvalue weighted by molar-refractivity contribution is 0.0934. The monoisotopic (exact) mass is 374 g/mol. The molecule has 0 saturated carbocycles. The van der Waals surface area contributed by atoms with Gasteiger partial charge in [-0.2, -0.15) is 0 Å². The number of aromatic nitrogens is 2. The number of hydrogen-bond acceptors (Lipinski definition) is 5. The van der Waals surface area contributed by atoms with Crippen molar-refractivity contribution in [2.75, 3.05) is 5.32 Å². The second-order valence-corrected chi connectivity index (χ2v) is 6.59. The molecule has 0 aliphatic heterocycles. The van der Waals surface area contributed by atoms with Gasteiger partial charge in [0.2, 0.25) is 5.95 Å². The van der Waals surface area contributed by atoms with Gasteiger partial charge in [-0.05, 0) is 44.5 Å². The minimum absolute atomic E-state index is 0.0243. The van der Waals surface area contributed by atoms with Gasteiger partial charge in [0.25, 0.3) is 5.91 Å². The predicted molar refractivity (Wildman–Crippen MR) is 109 cm³/mol. The zero-order valence-corrected chi connectivity index (χ0v) is 16.1. The van der Waals surface area contributed by atoms with E-state index in [4.69, 9.17) is 0 Å². The number of aryl methyl sites for hydroxylation is 1. The van der Waals surface area contributed by atoms with Gasteiger partial charge in [0.15, 0.2) is 5.78 Å². The number of Topliss-reactive ketones (excluding diaryl/α,β-unsaturated/α-hetero) is 1. The Balaban J connectivity index is 1.78. The average molecular weight is 374 g/mol. The average Bonchev–Trinajstić information content (AvgIpc) is 2.68. The summed E-state index contributed by atoms with van der Waals surface area (Å²) in [4.78, 5) is 32.9. The highest BCUT2D eigenvalue weighted by atomic mass is 16.2. The fraction of sp³-hybridized carbons (Fsp3) is 0.182. The first-order chi connectivity index (χ1) is 13.4. The van der Waals surface area contributed by atoms with Gasteiger partial charge in [0, 0.05) is 16.9 Å². The minimum atomic E-state index is -0.276. The number of nitrogens with one attached hydrogen (secondary N) is 2. The van der Waals surface area contributed by atoms with Crippen molar-refractivity contribution in [3.05, 3.63) is 83.2 Å². The Morgan fingerprint density at radius 1 is 0.964 bits per heavy atom. The van der Waals surface area contributed by atoms with Crippen LogP contribution in [0, 0.1) is 6.92 Å². The molecule has 0 spiro atoms. The Bertz CT molecular complexity index is 1000. The normalized spacial score (nSPS) is 11.5. The van der Waals surface area contributed by atoms with E-state index in [1.54, 1.807) is 31.2 Å². The van der Waals surface area contributed by atoms with Gasteiger partial charge in [0.05, 0.1) is 6.04 Å². The summed E-state index contributed by atoms with van der Waals surface area (Å²) in [5, 5.41) is 6.02. The molecule has 142 valence electrons. The first-order valence-corrected chi connectivity index (χ1v) is 9.02. The van der Waals surface area contributed by atoms with Crippen LogP contribution in [0.15, 0.2) is 60.7 Å². The molecule has 1 aromatic heterocycles. The molecule has 0 aliphatic carbocycles. The number of carbonyl (C=O) groups excluding carboxylic acids is 2. The van der Waals surface area contributed by atoms with Gasteiger partial charge in [-0.15, -0.1) is 0 Å². The van der Waals surface area contributed by atoms with E-state index in [-0.39, 0.29) is 23.4 Å². The fourth-order valence-corrected chi connectivity index (χ4v) is 2.78. The van der Waals surface area contributed by atoms with Gasteiger partial charge in [-0.3, -0.25) is 9.59 Å². The quantitative estimate of drug-likeness (QED) is 0.631. The van der Waals surface area contributed by atoms with Crippen LogP contribution in [0.2, 0.25) is 0 Å². The van der Waals surface area contributed by atoms with Gasteiger partial charge in [0.1, 0.15) is 5.69 Å². The van der Waals surface area contributed by atoms with E-state index in [0.717, 1.165) is 5.56 Å². The third-order valence-corrected chi connectivity index (χ3v) is 4.26. The molecule has 0 fully saturated rings. The van der Waals surface area contributed by atoms with E-state index in [2.05, 4.69) is 20.6 Å². The van der Waals surface area contributed by atoms with Crippen molar-refractivity contribution in [2.45, 2.75) is 26.8 Å². The first kappa shape index (κ1) is 19.2. The van der Waals surface area contributed by atoms with Crippen LogP contribution in [0.4, 0.5) is 11.6 Å². The summed E-state index contributed by atoms with van der Waals surface area (Å²) >= 11 is 0. The third-order valence-electron chi connectivity index (χ3n) is 4.26. The van der Waals surface area contributed by atoms with Crippen molar-refractivity contribution in [2.24, 2.45) is 0 Å². The Morgan fingerprint density at radius 2 is 1.71 bits per heavy atom. The summed E-state index contributed by atoms with van der Waals surface area (Å²) < 4.78 is 0. The molecule has 1 unspecified atom stereocenters. The SMILES string of the molecule is CC(=O)c1cccc(Nc2nc(C)cc(C(=O)NC(C)c3ccccc3)n2)c1. The maximum absolute atomic E-state index is 12.7. The number of hydrogen-bond donors (Lipinski definition) is 2. The molecule has 2 aromatic carbocycles. The Morgan fingerprint density at radius 3 is 2.43 bits per heavy atom. The second kappa shape index (κ2) is 8.43. The first-order valence-electron chi connectivity index (χ1n) is 9.02. The van der Waals surface area contributed by atoms with Crippen molar-refractivity contribution >= 4 is 23.3 Å². The fourth-order valence-electron chi connectivity index (χ4n) is 2.78. The summed E-state index contributed by atoms with van der Waals surface area (Å²) in [6.45, 7) is 5.24. The molecule has 0 radical (unpaired) electrons. The lowest BCUT2D eigenvalue weighted by Crippen LogP contribution is -2.27. The van der Waals surface area contributed by atoms with Gasteiger partial charge >= 0.3 is 0 Å². The third kappa shape index (κ3) is 4.79. The van der Waals surface area contributed by atoms with E-state index in [1.165, 1.54) is 6.92 Å². The standard InChI is InChI=1S/C22H22N4O2/c1-14-12-20(21(28)24-15(2)17-8-5-4-6-9-17)26-22(23-14)25-19-11-7-10-18(13-19)16(3)27/h4-13,15H,1-3H3,(H,24,28)(H,23,25,26). The number of anilines is 2. The Kier molecular flexibility index (Phi) is 5.79. The van der Waals surface area contributed by atoms with Crippen LogP contribution in [0.1, 0.15) is 52.0 Å².